The van der Waals surface area contributed by atoms with E-state index in [1.807, 2.05) is 19.1 Å². The third kappa shape index (κ3) is 3.04. The number of hydrogen-bond donors (Lipinski definition) is 0. The van der Waals surface area contributed by atoms with Crippen LogP contribution in [0, 0.1) is 5.92 Å². The van der Waals surface area contributed by atoms with E-state index in [1.165, 1.54) is 4.31 Å². The molecule has 112 valence electrons. The lowest BCUT2D eigenvalue weighted by atomic mass is 10.0. The van der Waals surface area contributed by atoms with Gasteiger partial charge in [0.05, 0.1) is 18.6 Å². The van der Waals surface area contributed by atoms with Crippen molar-refractivity contribution in [1.82, 2.24) is 0 Å². The van der Waals surface area contributed by atoms with Gasteiger partial charge in [-0.2, -0.15) is 0 Å². The van der Waals surface area contributed by atoms with E-state index in [2.05, 4.69) is 0 Å². The Labute approximate surface area is 125 Å². The van der Waals surface area contributed by atoms with Crippen LogP contribution >= 0.6 is 11.6 Å². The van der Waals surface area contributed by atoms with E-state index in [1.54, 1.807) is 13.2 Å². The normalized spacial score (nSPS) is 16.6. The van der Waals surface area contributed by atoms with Crippen LogP contribution in [0.2, 0.25) is 0 Å². The van der Waals surface area contributed by atoms with Gasteiger partial charge < -0.3 is 4.74 Å². The van der Waals surface area contributed by atoms with Crippen molar-refractivity contribution >= 4 is 27.3 Å². The van der Waals surface area contributed by atoms with Crippen LogP contribution in [0.15, 0.2) is 18.2 Å². The maximum Gasteiger partial charge on any atom is 0.235 e. The molecule has 1 aliphatic heterocycles. The number of aryl methyl sites for hydroxylation is 1. The molecule has 1 aromatic carbocycles. The van der Waals surface area contributed by atoms with Crippen LogP contribution in [0.1, 0.15) is 18.9 Å². The minimum Gasteiger partial charge on any atom is -0.495 e. The van der Waals surface area contributed by atoms with Gasteiger partial charge in [0.1, 0.15) is 5.75 Å². The van der Waals surface area contributed by atoms with Gasteiger partial charge in [-0.3, -0.25) is 4.31 Å². The smallest absolute Gasteiger partial charge is 0.235 e. The lowest BCUT2D eigenvalue weighted by molar-refractivity contribution is 0.414. The van der Waals surface area contributed by atoms with E-state index in [4.69, 9.17) is 16.3 Å². The first-order valence-corrected chi connectivity index (χ1v) is 8.86. The second kappa shape index (κ2) is 6.22. The van der Waals surface area contributed by atoms with Crippen LogP contribution in [-0.4, -0.2) is 33.7 Å². The van der Waals surface area contributed by atoms with Crippen LogP contribution in [0.5, 0.6) is 5.75 Å². The van der Waals surface area contributed by atoms with Gasteiger partial charge in [0.2, 0.25) is 10.0 Å². The van der Waals surface area contributed by atoms with E-state index >= 15 is 0 Å². The first kappa shape index (κ1) is 15.4. The summed E-state index contributed by atoms with van der Waals surface area (Å²) >= 11 is 5.75. The minimum absolute atomic E-state index is 0.0635. The number of sulfonamides is 1. The molecule has 1 aromatic rings. The Morgan fingerprint density at radius 2 is 2.20 bits per heavy atom. The second-order valence-electron chi connectivity index (χ2n) is 5.18. The van der Waals surface area contributed by atoms with Gasteiger partial charge in [-0.1, -0.05) is 19.1 Å². The molecule has 0 N–H and O–H groups in total. The predicted octanol–water partition coefficient (Wildman–Crippen LogP) is 2.65. The topological polar surface area (TPSA) is 46.6 Å². The third-order valence-corrected chi connectivity index (χ3v) is 6.01. The van der Waals surface area contributed by atoms with Crippen molar-refractivity contribution in [1.29, 1.82) is 0 Å². The summed E-state index contributed by atoms with van der Waals surface area (Å²) in [5, 5.41) is 0. The number of nitrogens with zero attached hydrogens (tertiary/aromatic N) is 1. The van der Waals surface area contributed by atoms with Gasteiger partial charge in [0.15, 0.2) is 0 Å². The number of halogens is 1. The molecule has 2 rings (SSSR count). The van der Waals surface area contributed by atoms with Gasteiger partial charge in [0.25, 0.3) is 0 Å². The fourth-order valence-electron chi connectivity index (χ4n) is 2.51. The van der Waals surface area contributed by atoms with E-state index in [-0.39, 0.29) is 11.7 Å². The molecule has 0 aromatic heterocycles. The summed E-state index contributed by atoms with van der Waals surface area (Å²) < 4.78 is 32.0. The molecular formula is C14H20ClNO3S. The maximum atomic E-state index is 12.6. The van der Waals surface area contributed by atoms with Gasteiger partial charge in [-0.25, -0.2) is 8.42 Å². The molecule has 0 aliphatic carbocycles. The minimum atomic E-state index is -3.37. The molecule has 0 fully saturated rings. The fourth-order valence-corrected chi connectivity index (χ4v) is 4.66. The molecule has 0 radical (unpaired) electrons. The van der Waals surface area contributed by atoms with Crippen LogP contribution in [0.25, 0.3) is 0 Å². The van der Waals surface area contributed by atoms with Crippen molar-refractivity contribution < 1.29 is 13.2 Å². The summed E-state index contributed by atoms with van der Waals surface area (Å²) in [7, 11) is -1.81. The van der Waals surface area contributed by atoms with Crippen molar-refractivity contribution in [3.8, 4) is 5.75 Å². The maximum absolute atomic E-state index is 12.6. The van der Waals surface area contributed by atoms with Crippen molar-refractivity contribution in [2.24, 2.45) is 5.92 Å². The quantitative estimate of drug-likeness (QED) is 0.784. The number of benzene rings is 1. The van der Waals surface area contributed by atoms with E-state index in [0.717, 1.165) is 18.4 Å². The summed E-state index contributed by atoms with van der Waals surface area (Å²) in [6.45, 7) is 2.35. The molecule has 0 saturated carbocycles. The monoisotopic (exact) mass is 317 g/mol. The highest BCUT2D eigenvalue weighted by Crippen LogP contribution is 2.38. The number of para-hydroxylation sites is 1. The number of ether oxygens (including phenoxy) is 1. The average Bonchev–Trinajstić information content (AvgIpc) is 2.45. The molecule has 1 heterocycles. The van der Waals surface area contributed by atoms with Crippen LogP contribution in [0.4, 0.5) is 5.69 Å². The molecule has 0 amide bonds. The number of hydrogen-bond acceptors (Lipinski definition) is 3. The summed E-state index contributed by atoms with van der Waals surface area (Å²) in [5.41, 5.74) is 1.72. The molecular weight excluding hydrogens is 298 g/mol. The summed E-state index contributed by atoms with van der Waals surface area (Å²) in [6.07, 6.45) is 1.71. The Morgan fingerprint density at radius 1 is 1.45 bits per heavy atom. The Kier molecular flexibility index (Phi) is 4.81. The number of rotatable bonds is 5. The molecule has 0 spiro atoms. The van der Waals surface area contributed by atoms with Crippen molar-refractivity contribution in [3.05, 3.63) is 23.8 Å². The Hall–Kier alpha value is -0.940. The molecule has 0 saturated heterocycles. The van der Waals surface area contributed by atoms with Crippen LogP contribution in [0.3, 0.4) is 0 Å². The van der Waals surface area contributed by atoms with Gasteiger partial charge in [-0.05, 0) is 30.4 Å². The summed E-state index contributed by atoms with van der Waals surface area (Å²) in [5.74, 6) is 0.950. The highest BCUT2D eigenvalue weighted by Gasteiger charge is 2.31. The third-order valence-electron chi connectivity index (χ3n) is 3.45. The van der Waals surface area contributed by atoms with Crippen molar-refractivity contribution in [3.63, 3.8) is 0 Å². The standard InChI is InChI=1S/C14H20ClNO3S/c1-11(9-15)10-20(17,18)16-8-4-6-12-5-3-7-13(19-2)14(12)16/h3,5,7,11H,4,6,8-10H2,1-2H3. The lowest BCUT2D eigenvalue weighted by Gasteiger charge is -2.32. The Balaban J connectivity index is 2.42. The zero-order valence-electron chi connectivity index (χ0n) is 11.8. The molecule has 1 aliphatic rings. The van der Waals surface area contributed by atoms with Gasteiger partial charge >= 0.3 is 0 Å². The predicted molar refractivity (Wildman–Crippen MR) is 82.3 cm³/mol. The van der Waals surface area contributed by atoms with E-state index in [9.17, 15) is 8.42 Å². The van der Waals surface area contributed by atoms with Crippen LogP contribution in [-0.2, 0) is 16.4 Å². The average molecular weight is 318 g/mol. The second-order valence-corrected chi connectivity index (χ2v) is 7.43. The molecule has 1 atom stereocenters. The van der Waals surface area contributed by atoms with Crippen LogP contribution < -0.4 is 9.04 Å². The number of fused-ring (bicyclic) bond motifs is 1. The first-order chi connectivity index (χ1) is 9.49. The summed E-state index contributed by atoms with van der Waals surface area (Å²) in [6, 6.07) is 5.66. The van der Waals surface area contributed by atoms with E-state index in [0.29, 0.717) is 23.9 Å². The highest BCUT2D eigenvalue weighted by molar-refractivity contribution is 7.92. The number of alkyl halides is 1. The van der Waals surface area contributed by atoms with Crippen molar-refractivity contribution in [2.45, 2.75) is 19.8 Å². The van der Waals surface area contributed by atoms with E-state index < -0.39 is 10.0 Å². The Bertz CT molecular complexity index is 560. The molecule has 6 heteroatoms. The lowest BCUT2D eigenvalue weighted by Crippen LogP contribution is -2.39. The van der Waals surface area contributed by atoms with Crippen molar-refractivity contribution in [2.75, 3.05) is 29.6 Å². The first-order valence-electron chi connectivity index (χ1n) is 6.72. The van der Waals surface area contributed by atoms with Gasteiger partial charge in [0, 0.05) is 12.4 Å². The highest BCUT2D eigenvalue weighted by atomic mass is 35.5. The fraction of sp³-hybridized carbons (Fsp3) is 0.571. The molecule has 4 nitrogen and oxygen atoms in total. The summed E-state index contributed by atoms with van der Waals surface area (Å²) in [4.78, 5) is 0. The zero-order valence-corrected chi connectivity index (χ0v) is 13.4. The van der Waals surface area contributed by atoms with Gasteiger partial charge in [-0.15, -0.1) is 11.6 Å². The number of anilines is 1. The molecule has 0 bridgehead atoms. The number of methoxy groups -OCH3 is 1. The SMILES string of the molecule is COc1cccc2c1N(S(=O)(=O)CC(C)CCl)CCC2. The largest absolute Gasteiger partial charge is 0.495 e. The molecule has 20 heavy (non-hydrogen) atoms. The molecule has 1 unspecified atom stereocenters. The Morgan fingerprint density at radius 3 is 2.85 bits per heavy atom. The zero-order chi connectivity index (χ0) is 14.8.